The van der Waals surface area contributed by atoms with Gasteiger partial charge in [0, 0.05) is 20.7 Å². The van der Waals surface area contributed by atoms with E-state index in [1.807, 2.05) is 23.5 Å². The van der Waals surface area contributed by atoms with Crippen LogP contribution in [0, 0.1) is 5.92 Å². The second-order valence-electron chi connectivity index (χ2n) is 6.16. The second kappa shape index (κ2) is 5.36. The summed E-state index contributed by atoms with van der Waals surface area (Å²) in [6.07, 6.45) is 13.8. The number of aryl methyl sites for hydroxylation is 1. The summed E-state index contributed by atoms with van der Waals surface area (Å²) in [5.74, 6) is 0.686. The van der Waals surface area contributed by atoms with Gasteiger partial charge in [-0.1, -0.05) is 31.2 Å². The molecule has 1 atom stereocenters. The van der Waals surface area contributed by atoms with Crippen LogP contribution in [0.5, 0.6) is 0 Å². The molecule has 110 valence electrons. The Morgan fingerprint density at radius 2 is 2.18 bits per heavy atom. The van der Waals surface area contributed by atoms with E-state index < -0.39 is 0 Å². The number of benzene rings is 1. The predicted molar refractivity (Wildman–Crippen MR) is 94.5 cm³/mol. The molecule has 1 aromatic carbocycles. The number of fused-ring (bicyclic) bond motifs is 3. The van der Waals surface area contributed by atoms with Crippen LogP contribution in [0.2, 0.25) is 0 Å². The highest BCUT2D eigenvalue weighted by Gasteiger charge is 2.17. The molecule has 0 amide bonds. The third-order valence-corrected chi connectivity index (χ3v) is 5.67. The van der Waals surface area contributed by atoms with E-state index >= 15 is 0 Å². The zero-order valence-corrected chi connectivity index (χ0v) is 13.5. The van der Waals surface area contributed by atoms with Gasteiger partial charge in [0.1, 0.15) is 0 Å². The predicted octanol–water partition coefficient (Wildman–Crippen LogP) is 5.57. The molecule has 0 aliphatic heterocycles. The lowest BCUT2D eigenvalue weighted by Crippen LogP contribution is -2.05. The van der Waals surface area contributed by atoms with Gasteiger partial charge in [0.05, 0.1) is 0 Å². The smallest absolute Gasteiger partial charge is 0.192 e. The summed E-state index contributed by atoms with van der Waals surface area (Å²) < 4.78 is 1.29. The standard InChI is InChI=1S/C20H18OS/c1-13-6-8-14(9-7-13)20(21)15-10-11-19-17(12-15)16-4-2-3-5-18(16)22-19/h3,5-6,8-13H,2,4,7H2,1H3. The van der Waals surface area contributed by atoms with E-state index in [4.69, 9.17) is 0 Å². The molecule has 1 nitrogen and oxygen atoms in total. The van der Waals surface area contributed by atoms with Crippen LogP contribution in [0.3, 0.4) is 0 Å². The van der Waals surface area contributed by atoms with Gasteiger partial charge in [0.15, 0.2) is 5.78 Å². The molecule has 4 rings (SSSR count). The van der Waals surface area contributed by atoms with Gasteiger partial charge in [-0.3, -0.25) is 4.79 Å². The van der Waals surface area contributed by atoms with Crippen LogP contribution in [0.15, 0.2) is 48.1 Å². The Labute approximate surface area is 134 Å². The van der Waals surface area contributed by atoms with Crippen molar-refractivity contribution in [3.8, 4) is 0 Å². The topological polar surface area (TPSA) is 17.1 Å². The number of hydrogen-bond donors (Lipinski definition) is 0. The largest absolute Gasteiger partial charge is 0.289 e. The normalized spacial score (nSPS) is 20.0. The molecule has 0 fully saturated rings. The van der Waals surface area contributed by atoms with Crippen molar-refractivity contribution in [2.24, 2.45) is 5.92 Å². The molecule has 0 spiro atoms. The van der Waals surface area contributed by atoms with Crippen LogP contribution in [0.4, 0.5) is 0 Å². The van der Waals surface area contributed by atoms with Crippen LogP contribution in [0.1, 0.15) is 40.6 Å². The van der Waals surface area contributed by atoms with Crippen molar-refractivity contribution >= 4 is 33.3 Å². The zero-order chi connectivity index (χ0) is 15.1. The summed E-state index contributed by atoms with van der Waals surface area (Å²) in [5, 5.41) is 1.27. The summed E-state index contributed by atoms with van der Waals surface area (Å²) in [6, 6.07) is 6.18. The van der Waals surface area contributed by atoms with Crippen LogP contribution < -0.4 is 0 Å². The molecule has 22 heavy (non-hydrogen) atoms. The zero-order valence-electron chi connectivity index (χ0n) is 12.6. The Kier molecular flexibility index (Phi) is 3.34. The number of rotatable bonds is 2. The van der Waals surface area contributed by atoms with Gasteiger partial charge in [-0.2, -0.15) is 0 Å². The first kappa shape index (κ1) is 13.7. The van der Waals surface area contributed by atoms with Gasteiger partial charge < -0.3 is 0 Å². The Balaban J connectivity index is 1.75. The molecule has 1 unspecified atom stereocenters. The first-order chi connectivity index (χ1) is 10.7. The molecule has 2 aromatic rings. The Bertz CT molecular complexity index is 848. The fraction of sp³-hybridized carbons (Fsp3) is 0.250. The van der Waals surface area contributed by atoms with Gasteiger partial charge in [0.2, 0.25) is 0 Å². The van der Waals surface area contributed by atoms with Crippen molar-refractivity contribution in [1.82, 2.24) is 0 Å². The summed E-state index contributed by atoms with van der Waals surface area (Å²) in [7, 11) is 0. The quantitative estimate of drug-likeness (QED) is 0.663. The van der Waals surface area contributed by atoms with E-state index in [9.17, 15) is 4.79 Å². The number of carbonyl (C=O) groups excluding carboxylic acids is 1. The fourth-order valence-electron chi connectivity index (χ4n) is 3.18. The SMILES string of the molecule is CC1C=CC(C(=O)c2ccc3sc4c(c3c2)CCC=C4)=CC1. The molecule has 2 heteroatoms. The van der Waals surface area contributed by atoms with Gasteiger partial charge in [-0.25, -0.2) is 0 Å². The minimum absolute atomic E-state index is 0.149. The van der Waals surface area contributed by atoms with E-state index in [1.54, 1.807) is 0 Å². The van der Waals surface area contributed by atoms with Gasteiger partial charge >= 0.3 is 0 Å². The Morgan fingerprint density at radius 3 is 3.00 bits per heavy atom. The van der Waals surface area contributed by atoms with Crippen LogP contribution >= 0.6 is 11.3 Å². The van der Waals surface area contributed by atoms with Crippen molar-refractivity contribution in [1.29, 1.82) is 0 Å². The minimum Gasteiger partial charge on any atom is -0.289 e. The van der Waals surface area contributed by atoms with Crippen LogP contribution in [0.25, 0.3) is 16.2 Å². The molecular formula is C20H18OS. The maximum Gasteiger partial charge on any atom is 0.192 e. The summed E-state index contributed by atoms with van der Waals surface area (Å²) in [6.45, 7) is 2.17. The van der Waals surface area contributed by atoms with Crippen LogP contribution in [-0.4, -0.2) is 5.78 Å². The Morgan fingerprint density at radius 1 is 1.27 bits per heavy atom. The number of thiophene rings is 1. The average molecular weight is 306 g/mol. The van der Waals surface area contributed by atoms with E-state index in [0.29, 0.717) is 5.92 Å². The highest BCUT2D eigenvalue weighted by molar-refractivity contribution is 7.20. The summed E-state index contributed by atoms with van der Waals surface area (Å²) in [5.41, 5.74) is 3.06. The first-order valence-electron chi connectivity index (χ1n) is 7.87. The van der Waals surface area contributed by atoms with Crippen LogP contribution in [-0.2, 0) is 6.42 Å². The number of carbonyl (C=O) groups is 1. The molecule has 1 aromatic heterocycles. The van der Waals surface area contributed by atoms with Gasteiger partial charge in [-0.05, 0) is 60.4 Å². The van der Waals surface area contributed by atoms with E-state index in [-0.39, 0.29) is 5.78 Å². The molecular weight excluding hydrogens is 288 g/mol. The molecule has 0 N–H and O–H groups in total. The van der Waals surface area contributed by atoms with Crippen molar-refractivity contribution < 1.29 is 4.79 Å². The monoisotopic (exact) mass is 306 g/mol. The number of allylic oxidation sites excluding steroid dienone is 5. The van der Waals surface area contributed by atoms with E-state index in [2.05, 4.69) is 43.4 Å². The minimum atomic E-state index is 0.149. The lowest BCUT2D eigenvalue weighted by Gasteiger charge is -2.11. The summed E-state index contributed by atoms with van der Waals surface area (Å²) in [4.78, 5) is 14.1. The lowest BCUT2D eigenvalue weighted by atomic mass is 9.92. The first-order valence-corrected chi connectivity index (χ1v) is 8.69. The number of hydrogen-bond acceptors (Lipinski definition) is 2. The molecule has 0 saturated heterocycles. The van der Waals surface area contributed by atoms with Gasteiger partial charge in [-0.15, -0.1) is 11.3 Å². The lowest BCUT2D eigenvalue weighted by molar-refractivity contribution is 0.103. The number of ketones is 1. The molecule has 1 heterocycles. The Hall–Kier alpha value is -1.93. The second-order valence-corrected chi connectivity index (χ2v) is 7.24. The highest BCUT2D eigenvalue weighted by Crippen LogP contribution is 2.36. The highest BCUT2D eigenvalue weighted by atomic mass is 32.1. The molecule has 2 aliphatic carbocycles. The average Bonchev–Trinajstić information content (AvgIpc) is 2.92. The van der Waals surface area contributed by atoms with Crippen molar-refractivity contribution in [2.45, 2.75) is 26.2 Å². The molecule has 0 bridgehead atoms. The molecule has 2 aliphatic rings. The fourth-order valence-corrected chi connectivity index (χ4v) is 4.35. The maximum absolute atomic E-state index is 12.7. The van der Waals surface area contributed by atoms with E-state index in [0.717, 1.165) is 30.4 Å². The van der Waals surface area contributed by atoms with Crippen molar-refractivity contribution in [3.63, 3.8) is 0 Å². The van der Waals surface area contributed by atoms with Crippen molar-refractivity contribution in [3.05, 3.63) is 64.1 Å². The summed E-state index contributed by atoms with van der Waals surface area (Å²) >= 11 is 1.83. The third-order valence-electron chi connectivity index (χ3n) is 4.49. The van der Waals surface area contributed by atoms with Crippen molar-refractivity contribution in [2.75, 3.05) is 0 Å². The third kappa shape index (κ3) is 2.28. The maximum atomic E-state index is 12.7. The van der Waals surface area contributed by atoms with E-state index in [1.165, 1.54) is 20.5 Å². The molecule has 0 saturated carbocycles. The van der Waals surface area contributed by atoms with Gasteiger partial charge in [0.25, 0.3) is 0 Å². The number of Topliss-reactive ketones (excluding diaryl/α,β-unsaturated/α-hetero) is 1. The molecule has 0 radical (unpaired) electrons.